The van der Waals surface area contributed by atoms with Crippen LogP contribution in [-0.2, 0) is 4.79 Å². The maximum atomic E-state index is 13.9. The Hall–Kier alpha value is -2.78. The van der Waals surface area contributed by atoms with Gasteiger partial charge in [0.2, 0.25) is 0 Å². The molecule has 4 aromatic rings. The van der Waals surface area contributed by atoms with Gasteiger partial charge < -0.3 is 0 Å². The van der Waals surface area contributed by atoms with E-state index in [2.05, 4.69) is 0 Å². The molecular formula is C27H22BiF3O. The normalized spacial score (nSPS) is 13.2. The molecule has 0 saturated heterocycles. The third-order valence-corrected chi connectivity index (χ3v) is 32.0. The van der Waals surface area contributed by atoms with Crippen LogP contribution in [-0.4, -0.2) is 30.7 Å². The number of benzene rings is 4. The van der Waals surface area contributed by atoms with E-state index in [0.29, 0.717) is 0 Å². The van der Waals surface area contributed by atoms with Crippen LogP contribution in [0.2, 0.25) is 4.13 Å². The van der Waals surface area contributed by atoms with Crippen molar-refractivity contribution in [1.82, 2.24) is 0 Å². The summed E-state index contributed by atoms with van der Waals surface area (Å²) in [6, 6.07) is 37.3. The van der Waals surface area contributed by atoms with Gasteiger partial charge in [0.25, 0.3) is 0 Å². The zero-order chi connectivity index (χ0) is 22.7. The summed E-state index contributed by atoms with van der Waals surface area (Å²) in [6.07, 6.45) is -4.93. The molecule has 0 amide bonds. The van der Waals surface area contributed by atoms with Crippen LogP contribution in [0.15, 0.2) is 121 Å². The van der Waals surface area contributed by atoms with Crippen LogP contribution in [0, 0.1) is 0 Å². The fourth-order valence-corrected chi connectivity index (χ4v) is 30.3. The van der Waals surface area contributed by atoms with E-state index in [1.165, 1.54) is 0 Å². The molecule has 0 saturated carbocycles. The summed E-state index contributed by atoms with van der Waals surface area (Å²) in [5.41, 5.74) is 0. The summed E-state index contributed by atoms with van der Waals surface area (Å²) in [5, 5.41) is 0. The summed E-state index contributed by atoms with van der Waals surface area (Å²) in [4.78, 5) is 12.9. The number of rotatable bonds is 6. The first-order valence-corrected chi connectivity index (χ1v) is 19.6. The Morgan fingerprint density at radius 3 is 1.00 bits per heavy atom. The number of hydrogen-bond acceptors (Lipinski definition) is 1. The van der Waals surface area contributed by atoms with E-state index in [9.17, 15) is 18.0 Å². The molecule has 4 rings (SSSR count). The van der Waals surface area contributed by atoms with E-state index in [4.69, 9.17) is 0 Å². The first-order chi connectivity index (χ1) is 15.4. The summed E-state index contributed by atoms with van der Waals surface area (Å²) in [6.45, 7) is 0. The minimum atomic E-state index is -5.51. The summed E-state index contributed by atoms with van der Waals surface area (Å²) >= 11 is -5.51. The molecule has 4 aromatic carbocycles. The molecule has 5 heteroatoms. The number of hydrogen-bond donors (Lipinski definition) is 0. The monoisotopic (exact) mass is 628 g/mol. The van der Waals surface area contributed by atoms with Crippen LogP contribution in [0.3, 0.4) is 0 Å². The van der Waals surface area contributed by atoms with Crippen molar-refractivity contribution in [1.29, 1.82) is 0 Å². The van der Waals surface area contributed by atoms with Gasteiger partial charge in [-0.15, -0.1) is 0 Å². The van der Waals surface area contributed by atoms with Crippen molar-refractivity contribution in [2.45, 2.75) is 10.3 Å². The van der Waals surface area contributed by atoms with E-state index in [1.54, 1.807) is 0 Å². The predicted molar refractivity (Wildman–Crippen MR) is 126 cm³/mol. The third kappa shape index (κ3) is 3.49. The summed E-state index contributed by atoms with van der Waals surface area (Å²) in [7, 11) is 0. The minimum absolute atomic E-state index is 0.586. The van der Waals surface area contributed by atoms with E-state index in [-0.39, 0.29) is 0 Å². The number of carbonyl (C=O) groups excluding carboxylic acids is 1. The molecular weight excluding hydrogens is 606 g/mol. The van der Waals surface area contributed by atoms with Crippen LogP contribution < -0.4 is 13.1 Å². The first kappa shape index (κ1) is 22.4. The standard InChI is InChI=1S/4C6H5.C3H2F3O.Bi/c4*1-2-4-6-5-3-1;1-2(7)3(4,5)6;/h4*1-5H;1H2;. The predicted octanol–water partition coefficient (Wildman–Crippen LogP) is 4.15. The van der Waals surface area contributed by atoms with Crippen LogP contribution in [0.25, 0.3) is 0 Å². The van der Waals surface area contributed by atoms with Gasteiger partial charge >= 0.3 is 187 Å². The van der Waals surface area contributed by atoms with E-state index in [1.807, 2.05) is 121 Å². The van der Waals surface area contributed by atoms with Crippen LogP contribution in [0.4, 0.5) is 13.2 Å². The fourth-order valence-electron chi connectivity index (χ4n) is 4.66. The van der Waals surface area contributed by atoms with Crippen molar-refractivity contribution >= 4 is 37.7 Å². The Balaban J connectivity index is 2.28. The second-order valence-corrected chi connectivity index (χ2v) is 27.1. The fraction of sp³-hybridized carbons (Fsp3) is 0.0741. The topological polar surface area (TPSA) is 17.1 Å². The number of alkyl halides is 3. The van der Waals surface area contributed by atoms with E-state index < -0.39 is 34.9 Å². The van der Waals surface area contributed by atoms with Gasteiger partial charge in [-0.05, 0) is 0 Å². The van der Waals surface area contributed by atoms with Gasteiger partial charge in [-0.1, -0.05) is 0 Å². The summed E-state index contributed by atoms with van der Waals surface area (Å²) < 4.78 is 44.3. The molecule has 0 aliphatic carbocycles. The van der Waals surface area contributed by atoms with Crippen molar-refractivity contribution in [2.75, 3.05) is 0 Å². The van der Waals surface area contributed by atoms with Gasteiger partial charge in [-0.3, -0.25) is 0 Å². The molecule has 0 aromatic heterocycles. The molecule has 0 heterocycles. The van der Waals surface area contributed by atoms with Gasteiger partial charge in [0, 0.05) is 0 Å². The molecule has 0 aliphatic heterocycles. The Morgan fingerprint density at radius 1 is 0.531 bits per heavy atom. The SMILES string of the molecule is O=C([CH2][Bi]([c]1ccccc1)([c]1ccccc1)([c]1ccccc1)[c]1ccccc1)C(F)(F)F. The molecule has 0 bridgehead atoms. The van der Waals surface area contributed by atoms with Gasteiger partial charge in [0.05, 0.1) is 0 Å². The number of carbonyl (C=O) groups is 1. The quantitative estimate of drug-likeness (QED) is 0.294. The second kappa shape index (κ2) is 8.63. The zero-order valence-corrected chi connectivity index (χ0v) is 20.7. The van der Waals surface area contributed by atoms with Crippen LogP contribution in [0.1, 0.15) is 0 Å². The first-order valence-electron chi connectivity index (χ1n) is 10.2. The Kier molecular flexibility index (Phi) is 6.05. The van der Waals surface area contributed by atoms with Gasteiger partial charge in [-0.2, -0.15) is 0 Å². The maximum absolute atomic E-state index is 13.9. The van der Waals surface area contributed by atoms with Crippen molar-refractivity contribution in [3.8, 4) is 0 Å². The Morgan fingerprint density at radius 2 is 0.781 bits per heavy atom. The van der Waals surface area contributed by atoms with Gasteiger partial charge in [0.1, 0.15) is 0 Å². The van der Waals surface area contributed by atoms with Gasteiger partial charge in [-0.25, -0.2) is 0 Å². The summed E-state index contributed by atoms with van der Waals surface area (Å²) in [5.74, 6) is -1.69. The molecule has 1 nitrogen and oxygen atoms in total. The molecule has 0 spiro atoms. The molecule has 0 atom stereocenters. The molecule has 162 valence electrons. The zero-order valence-electron chi connectivity index (χ0n) is 17.2. The number of Topliss-reactive ketones (excluding diaryl/α,β-unsaturated/α-hetero) is 1. The average molecular weight is 628 g/mol. The van der Waals surface area contributed by atoms with Crippen molar-refractivity contribution in [3.05, 3.63) is 121 Å². The van der Waals surface area contributed by atoms with Crippen LogP contribution in [0.5, 0.6) is 0 Å². The Labute approximate surface area is 186 Å². The van der Waals surface area contributed by atoms with Crippen molar-refractivity contribution in [2.24, 2.45) is 0 Å². The van der Waals surface area contributed by atoms with E-state index in [0.717, 1.165) is 13.1 Å². The van der Waals surface area contributed by atoms with Crippen molar-refractivity contribution < 1.29 is 18.0 Å². The van der Waals surface area contributed by atoms with Crippen LogP contribution >= 0.6 is 0 Å². The van der Waals surface area contributed by atoms with E-state index >= 15 is 0 Å². The second-order valence-electron chi connectivity index (χ2n) is 7.72. The Bertz CT molecular complexity index is 1020. The molecule has 0 N–H and O–H groups in total. The molecule has 0 aliphatic rings. The van der Waals surface area contributed by atoms with Gasteiger partial charge in [0.15, 0.2) is 0 Å². The number of halogens is 3. The third-order valence-electron chi connectivity index (χ3n) is 6.08. The molecule has 32 heavy (non-hydrogen) atoms. The molecule has 0 unspecified atom stereocenters. The number of ketones is 1. The van der Waals surface area contributed by atoms with Crippen molar-refractivity contribution in [3.63, 3.8) is 0 Å². The molecule has 0 fully saturated rings. The average Bonchev–Trinajstić information content (AvgIpc) is 2.84. The molecule has 0 radical (unpaired) electrons.